The number of amides is 2. The van der Waals surface area contributed by atoms with Crippen LogP contribution in [0.2, 0.25) is 0 Å². The third-order valence-electron chi connectivity index (χ3n) is 6.18. The van der Waals surface area contributed by atoms with Crippen molar-refractivity contribution in [1.29, 1.82) is 0 Å². The van der Waals surface area contributed by atoms with Crippen molar-refractivity contribution >= 4 is 23.7 Å². The molecule has 0 bridgehead atoms. The van der Waals surface area contributed by atoms with Crippen molar-refractivity contribution in [2.75, 3.05) is 13.1 Å². The van der Waals surface area contributed by atoms with Gasteiger partial charge in [-0.05, 0) is 44.6 Å². The Morgan fingerprint density at radius 3 is 2.32 bits per heavy atom. The first-order chi connectivity index (χ1) is 14.8. The number of nitrogens with one attached hydrogen (secondary N) is 1. The minimum atomic E-state index is -1.39. The number of carboxylic acids is 1. The van der Waals surface area contributed by atoms with Gasteiger partial charge in [0.1, 0.15) is 12.1 Å². The number of hydrogen-bond acceptors (Lipinski definition) is 6. The Morgan fingerprint density at radius 1 is 1.06 bits per heavy atom. The summed E-state index contributed by atoms with van der Waals surface area (Å²) >= 11 is 0. The lowest BCUT2D eigenvalue weighted by Gasteiger charge is -2.34. The van der Waals surface area contributed by atoms with E-state index in [0.29, 0.717) is 13.0 Å². The molecule has 0 radical (unpaired) electrons. The molecule has 7 N–H and O–H groups in total. The molecule has 3 atom stereocenters. The van der Waals surface area contributed by atoms with Crippen LogP contribution in [0, 0.1) is 5.92 Å². The van der Waals surface area contributed by atoms with E-state index >= 15 is 0 Å². The molecule has 31 heavy (non-hydrogen) atoms. The molecule has 0 aromatic heterocycles. The third kappa shape index (κ3) is 7.77. The van der Waals surface area contributed by atoms with Crippen LogP contribution in [-0.2, 0) is 14.4 Å². The maximum atomic E-state index is 13.2. The van der Waals surface area contributed by atoms with Crippen LogP contribution in [0.4, 0.5) is 0 Å². The lowest BCUT2D eigenvalue weighted by atomic mass is 9.85. The van der Waals surface area contributed by atoms with Gasteiger partial charge in [0, 0.05) is 6.54 Å². The zero-order chi connectivity index (χ0) is 22.8. The van der Waals surface area contributed by atoms with E-state index in [9.17, 15) is 24.6 Å². The smallest absolute Gasteiger partial charge is 0.326 e. The Hall–Kier alpha value is -2.20. The van der Waals surface area contributed by atoms with E-state index in [0.717, 1.165) is 49.8 Å². The predicted molar refractivity (Wildman–Crippen MR) is 116 cm³/mol. The summed E-state index contributed by atoms with van der Waals surface area (Å²) < 4.78 is 0. The van der Waals surface area contributed by atoms with E-state index in [1.54, 1.807) is 0 Å². The summed E-state index contributed by atoms with van der Waals surface area (Å²) in [6, 6.07) is -2.00. The molecule has 2 unspecified atom stereocenters. The van der Waals surface area contributed by atoms with E-state index in [1.165, 1.54) is 0 Å². The van der Waals surface area contributed by atoms with Crippen LogP contribution < -0.4 is 16.8 Å². The second-order valence-electron chi connectivity index (χ2n) is 8.61. The lowest BCUT2D eigenvalue weighted by molar-refractivity contribution is -0.163. The van der Waals surface area contributed by atoms with Crippen LogP contribution in [0.3, 0.4) is 0 Å². The predicted octanol–water partition coefficient (Wildman–Crippen LogP) is 0.322. The highest BCUT2D eigenvalue weighted by Crippen LogP contribution is 2.28. The van der Waals surface area contributed by atoms with Gasteiger partial charge in [0.15, 0.2) is 5.96 Å². The fourth-order valence-electron chi connectivity index (χ4n) is 4.50. The number of rotatable bonds is 10. The van der Waals surface area contributed by atoms with Gasteiger partial charge >= 0.3 is 5.97 Å². The molecule has 0 aromatic carbocycles. The molecule has 2 amide bonds. The van der Waals surface area contributed by atoms with Gasteiger partial charge in [0.25, 0.3) is 5.91 Å². The summed E-state index contributed by atoms with van der Waals surface area (Å²) in [6.07, 6.45) is 6.54. The van der Waals surface area contributed by atoms with Crippen molar-refractivity contribution in [2.24, 2.45) is 22.4 Å². The SMILES string of the molecule is NC(N)=NCCC[C@@H](C(=O)O)N(C(=O)C(O)CC1CCCCC1)C(=O)C1CCCCN1. The molecule has 176 valence electrons. The standard InChI is InChI=1S/C21H37N5O5/c22-21(23)25-12-6-10-16(20(30)31)26(18(28)15-9-4-5-11-24-15)19(29)17(27)13-14-7-2-1-3-8-14/h14-17,24,27H,1-13H2,(H,30,31)(H4,22,23,25)/t15?,16-,17?/m0/s1. The maximum Gasteiger partial charge on any atom is 0.326 e. The molecule has 2 aliphatic rings. The molecule has 2 rings (SSSR count). The molecule has 1 aliphatic carbocycles. The summed E-state index contributed by atoms with van der Waals surface area (Å²) in [5.74, 6) is -2.58. The second kappa shape index (κ2) is 12.6. The number of nitrogens with zero attached hydrogens (tertiary/aromatic N) is 2. The lowest BCUT2D eigenvalue weighted by Crippen LogP contribution is -2.58. The van der Waals surface area contributed by atoms with Crippen molar-refractivity contribution in [2.45, 2.75) is 88.8 Å². The molecule has 1 aliphatic heterocycles. The van der Waals surface area contributed by atoms with Gasteiger partial charge < -0.3 is 27.0 Å². The highest BCUT2D eigenvalue weighted by atomic mass is 16.4. The van der Waals surface area contributed by atoms with Crippen molar-refractivity contribution in [1.82, 2.24) is 10.2 Å². The number of carbonyl (C=O) groups excluding carboxylic acids is 2. The van der Waals surface area contributed by atoms with Gasteiger partial charge in [0.2, 0.25) is 5.91 Å². The largest absolute Gasteiger partial charge is 0.480 e. The summed E-state index contributed by atoms with van der Waals surface area (Å²) in [6.45, 7) is 0.819. The van der Waals surface area contributed by atoms with Crippen molar-refractivity contribution in [3.05, 3.63) is 0 Å². The number of carbonyl (C=O) groups is 3. The van der Waals surface area contributed by atoms with Crippen LogP contribution in [0.5, 0.6) is 0 Å². The zero-order valence-electron chi connectivity index (χ0n) is 18.2. The Morgan fingerprint density at radius 2 is 1.74 bits per heavy atom. The van der Waals surface area contributed by atoms with Crippen molar-refractivity contribution in [3.8, 4) is 0 Å². The van der Waals surface area contributed by atoms with Crippen LogP contribution in [0.1, 0.15) is 70.6 Å². The van der Waals surface area contributed by atoms with Crippen molar-refractivity contribution in [3.63, 3.8) is 0 Å². The molecule has 0 spiro atoms. The van der Waals surface area contributed by atoms with Gasteiger partial charge in [-0.3, -0.25) is 19.5 Å². The number of aliphatic hydroxyl groups excluding tert-OH is 1. The number of aliphatic carboxylic acids is 1. The third-order valence-corrected chi connectivity index (χ3v) is 6.18. The quantitative estimate of drug-likeness (QED) is 0.184. The summed E-state index contributed by atoms with van der Waals surface area (Å²) in [5, 5.41) is 23.5. The first kappa shape index (κ1) is 25.1. The average Bonchev–Trinajstić information content (AvgIpc) is 2.76. The van der Waals surface area contributed by atoms with Gasteiger partial charge in [-0.1, -0.05) is 38.5 Å². The topological polar surface area (TPSA) is 171 Å². The fourth-order valence-corrected chi connectivity index (χ4v) is 4.50. The molecular weight excluding hydrogens is 402 g/mol. The Balaban J connectivity index is 2.17. The van der Waals surface area contributed by atoms with Crippen LogP contribution in [-0.4, -0.2) is 70.1 Å². The number of piperidine rings is 1. The maximum absolute atomic E-state index is 13.2. The van der Waals surface area contributed by atoms with Crippen LogP contribution in [0.25, 0.3) is 0 Å². The highest BCUT2D eigenvalue weighted by Gasteiger charge is 2.40. The molecule has 10 heteroatoms. The average molecular weight is 440 g/mol. The molecule has 2 fully saturated rings. The number of carboxylic acid groups (broad SMARTS) is 1. The number of guanidine groups is 1. The minimum Gasteiger partial charge on any atom is -0.480 e. The second-order valence-corrected chi connectivity index (χ2v) is 8.61. The van der Waals surface area contributed by atoms with Gasteiger partial charge in [-0.15, -0.1) is 0 Å². The molecule has 1 saturated heterocycles. The number of aliphatic imine (C=N–C) groups is 1. The molecule has 10 nitrogen and oxygen atoms in total. The summed E-state index contributed by atoms with van der Waals surface area (Å²) in [5.41, 5.74) is 10.6. The van der Waals surface area contributed by atoms with Gasteiger partial charge in [0.05, 0.1) is 6.04 Å². The molecule has 0 aromatic rings. The van der Waals surface area contributed by atoms with E-state index in [2.05, 4.69) is 10.3 Å². The number of nitrogens with two attached hydrogens (primary N) is 2. The van der Waals surface area contributed by atoms with E-state index in [-0.39, 0.29) is 37.7 Å². The molecule has 1 heterocycles. The Kier molecular flexibility index (Phi) is 10.2. The zero-order valence-corrected chi connectivity index (χ0v) is 18.2. The summed E-state index contributed by atoms with van der Waals surface area (Å²) in [4.78, 5) is 43.1. The first-order valence-electron chi connectivity index (χ1n) is 11.4. The number of hydrogen-bond donors (Lipinski definition) is 5. The van der Waals surface area contributed by atoms with Crippen molar-refractivity contribution < 1.29 is 24.6 Å². The normalized spacial score (nSPS) is 21.6. The van der Waals surface area contributed by atoms with Gasteiger partial charge in [-0.25, -0.2) is 4.79 Å². The highest BCUT2D eigenvalue weighted by molar-refractivity contribution is 6.02. The minimum absolute atomic E-state index is 0.00641. The molecule has 1 saturated carbocycles. The summed E-state index contributed by atoms with van der Waals surface area (Å²) in [7, 11) is 0. The molecular formula is C21H37N5O5. The first-order valence-corrected chi connectivity index (χ1v) is 11.4. The Bertz CT molecular complexity index is 640. The number of imide groups is 1. The monoisotopic (exact) mass is 439 g/mol. The van der Waals surface area contributed by atoms with Crippen LogP contribution >= 0.6 is 0 Å². The fraction of sp³-hybridized carbons (Fsp3) is 0.810. The van der Waals surface area contributed by atoms with Crippen LogP contribution in [0.15, 0.2) is 4.99 Å². The Labute approximate surface area is 183 Å². The van der Waals surface area contributed by atoms with Gasteiger partial charge in [-0.2, -0.15) is 0 Å². The van der Waals surface area contributed by atoms with E-state index in [1.807, 2.05) is 0 Å². The van der Waals surface area contributed by atoms with E-state index < -0.39 is 36.0 Å². The number of aliphatic hydroxyl groups is 1. The van der Waals surface area contributed by atoms with E-state index in [4.69, 9.17) is 11.5 Å².